The van der Waals surface area contributed by atoms with E-state index in [0.717, 1.165) is 15.7 Å². The molecular formula is C18H14F3N3. The van der Waals surface area contributed by atoms with E-state index in [2.05, 4.69) is 4.98 Å². The molecule has 0 saturated heterocycles. The van der Waals surface area contributed by atoms with Crippen molar-refractivity contribution < 1.29 is 13.2 Å². The van der Waals surface area contributed by atoms with Gasteiger partial charge in [0.15, 0.2) is 0 Å². The number of alkyl halides is 3. The number of benzene rings is 2. The molecule has 0 atom stereocenters. The van der Waals surface area contributed by atoms with Gasteiger partial charge in [0.05, 0.1) is 29.2 Å². The summed E-state index contributed by atoms with van der Waals surface area (Å²) in [6.07, 6.45) is -4.57. The van der Waals surface area contributed by atoms with Crippen molar-refractivity contribution in [3.63, 3.8) is 0 Å². The monoisotopic (exact) mass is 329 g/mol. The molecule has 3 rings (SSSR count). The fourth-order valence-corrected chi connectivity index (χ4v) is 2.69. The molecule has 0 N–H and O–H groups in total. The molecule has 0 spiro atoms. The topological polar surface area (TPSA) is 41.6 Å². The SMILES string of the molecule is Cc1cc2nc(C(F)(F)F)n(Cc3ccccc3C#N)c2cc1C. The van der Waals surface area contributed by atoms with Crippen LogP contribution < -0.4 is 0 Å². The van der Waals surface area contributed by atoms with Crippen molar-refractivity contribution in [2.45, 2.75) is 26.6 Å². The standard InChI is InChI=1S/C18H14F3N3/c1-11-7-15-16(8-12(11)2)24(17(23-15)18(19,20)21)10-14-6-4-3-5-13(14)9-22/h3-8H,10H2,1-2H3. The molecule has 24 heavy (non-hydrogen) atoms. The predicted molar refractivity (Wildman–Crippen MR) is 84.5 cm³/mol. The molecule has 0 fully saturated rings. The Morgan fingerprint density at radius 2 is 1.79 bits per heavy atom. The van der Waals surface area contributed by atoms with Crippen LogP contribution in [0.3, 0.4) is 0 Å². The zero-order valence-corrected chi connectivity index (χ0v) is 13.1. The summed E-state index contributed by atoms with van der Waals surface area (Å²) in [5.41, 5.74) is 3.39. The van der Waals surface area contributed by atoms with Crippen LogP contribution >= 0.6 is 0 Å². The lowest BCUT2D eigenvalue weighted by molar-refractivity contribution is -0.146. The third-order valence-corrected chi connectivity index (χ3v) is 4.08. The first-order valence-corrected chi connectivity index (χ1v) is 7.34. The van der Waals surface area contributed by atoms with E-state index in [-0.39, 0.29) is 6.54 Å². The number of fused-ring (bicyclic) bond motifs is 1. The highest BCUT2D eigenvalue weighted by Gasteiger charge is 2.37. The minimum absolute atomic E-state index is 0.0580. The number of nitriles is 1. The zero-order valence-electron chi connectivity index (χ0n) is 13.1. The molecule has 0 aliphatic heterocycles. The molecule has 1 heterocycles. The van der Waals surface area contributed by atoms with E-state index in [0.29, 0.717) is 22.2 Å². The van der Waals surface area contributed by atoms with Gasteiger partial charge in [0, 0.05) is 0 Å². The third-order valence-electron chi connectivity index (χ3n) is 4.08. The molecule has 0 amide bonds. The minimum Gasteiger partial charge on any atom is -0.316 e. The minimum atomic E-state index is -4.57. The van der Waals surface area contributed by atoms with E-state index in [9.17, 15) is 18.4 Å². The van der Waals surface area contributed by atoms with E-state index < -0.39 is 12.0 Å². The molecule has 3 nitrogen and oxygen atoms in total. The van der Waals surface area contributed by atoms with Crippen LogP contribution in [0.1, 0.15) is 28.1 Å². The first-order valence-electron chi connectivity index (χ1n) is 7.34. The summed E-state index contributed by atoms with van der Waals surface area (Å²) in [6.45, 7) is 3.63. The van der Waals surface area contributed by atoms with Crippen LogP contribution in [-0.2, 0) is 12.7 Å². The largest absolute Gasteiger partial charge is 0.449 e. The van der Waals surface area contributed by atoms with Gasteiger partial charge in [-0.3, -0.25) is 0 Å². The number of hydrogen-bond donors (Lipinski definition) is 0. The molecule has 6 heteroatoms. The molecule has 0 saturated carbocycles. The number of rotatable bonds is 2. The van der Waals surface area contributed by atoms with Gasteiger partial charge in [-0.05, 0) is 48.7 Å². The number of aromatic nitrogens is 2. The molecule has 0 radical (unpaired) electrons. The lowest BCUT2D eigenvalue weighted by atomic mass is 10.1. The number of nitrogens with zero attached hydrogens (tertiary/aromatic N) is 3. The van der Waals surface area contributed by atoms with Crippen LogP contribution in [0, 0.1) is 25.2 Å². The van der Waals surface area contributed by atoms with Gasteiger partial charge in [0.25, 0.3) is 0 Å². The quantitative estimate of drug-likeness (QED) is 0.690. The van der Waals surface area contributed by atoms with E-state index in [1.54, 1.807) is 36.4 Å². The summed E-state index contributed by atoms with van der Waals surface area (Å²) in [6, 6.07) is 12.0. The van der Waals surface area contributed by atoms with Crippen LogP contribution in [0.2, 0.25) is 0 Å². The summed E-state index contributed by atoms with van der Waals surface area (Å²) in [4.78, 5) is 3.79. The molecular weight excluding hydrogens is 315 g/mol. The maximum absolute atomic E-state index is 13.4. The molecule has 0 aliphatic carbocycles. The smallest absolute Gasteiger partial charge is 0.316 e. The Labute approximate surface area is 137 Å². The van der Waals surface area contributed by atoms with Crippen molar-refractivity contribution >= 4 is 11.0 Å². The van der Waals surface area contributed by atoms with Gasteiger partial charge >= 0.3 is 6.18 Å². The Hall–Kier alpha value is -2.81. The summed E-state index contributed by atoms with van der Waals surface area (Å²) in [7, 11) is 0. The number of halogens is 3. The molecule has 0 unspecified atom stereocenters. The third kappa shape index (κ3) is 2.73. The molecule has 0 aliphatic rings. The second kappa shape index (κ2) is 5.68. The van der Waals surface area contributed by atoms with Crippen molar-refractivity contribution in [2.24, 2.45) is 0 Å². The highest BCUT2D eigenvalue weighted by Crippen LogP contribution is 2.33. The fraction of sp³-hybridized carbons (Fsp3) is 0.222. The lowest BCUT2D eigenvalue weighted by Gasteiger charge is -2.13. The molecule has 2 aromatic carbocycles. The highest BCUT2D eigenvalue weighted by atomic mass is 19.4. The van der Waals surface area contributed by atoms with Crippen LogP contribution in [0.15, 0.2) is 36.4 Å². The van der Waals surface area contributed by atoms with Gasteiger partial charge in [0.1, 0.15) is 0 Å². The normalized spacial score (nSPS) is 11.7. The van der Waals surface area contributed by atoms with E-state index in [4.69, 9.17) is 0 Å². The zero-order chi connectivity index (χ0) is 17.5. The first-order chi connectivity index (χ1) is 11.3. The Bertz CT molecular complexity index is 962. The average Bonchev–Trinajstić information content (AvgIpc) is 2.86. The predicted octanol–water partition coefficient (Wildman–Crippen LogP) is 4.59. The van der Waals surface area contributed by atoms with E-state index in [1.165, 1.54) is 0 Å². The Balaban J connectivity index is 2.25. The van der Waals surface area contributed by atoms with Crippen LogP contribution in [0.5, 0.6) is 0 Å². The van der Waals surface area contributed by atoms with Gasteiger partial charge in [-0.25, -0.2) is 4.98 Å². The molecule has 1 aromatic heterocycles. The van der Waals surface area contributed by atoms with Crippen molar-refractivity contribution in [3.8, 4) is 6.07 Å². The second-order valence-electron chi connectivity index (χ2n) is 5.71. The number of hydrogen-bond acceptors (Lipinski definition) is 2. The van der Waals surface area contributed by atoms with Crippen LogP contribution in [-0.4, -0.2) is 9.55 Å². The van der Waals surface area contributed by atoms with Crippen LogP contribution in [0.4, 0.5) is 13.2 Å². The van der Waals surface area contributed by atoms with E-state index in [1.807, 2.05) is 19.9 Å². The first kappa shape index (κ1) is 16.1. The van der Waals surface area contributed by atoms with Crippen molar-refractivity contribution in [1.29, 1.82) is 5.26 Å². The van der Waals surface area contributed by atoms with Crippen molar-refractivity contribution in [3.05, 3.63) is 64.5 Å². The van der Waals surface area contributed by atoms with Gasteiger partial charge in [-0.1, -0.05) is 18.2 Å². The summed E-state index contributed by atoms with van der Waals surface area (Å²) in [5.74, 6) is -0.949. The van der Waals surface area contributed by atoms with Crippen molar-refractivity contribution in [1.82, 2.24) is 9.55 Å². The van der Waals surface area contributed by atoms with Gasteiger partial charge in [0.2, 0.25) is 5.82 Å². The fourth-order valence-electron chi connectivity index (χ4n) is 2.69. The van der Waals surface area contributed by atoms with Gasteiger partial charge in [-0.15, -0.1) is 0 Å². The van der Waals surface area contributed by atoms with Gasteiger partial charge in [-0.2, -0.15) is 18.4 Å². The molecule has 122 valence electrons. The maximum atomic E-state index is 13.4. The maximum Gasteiger partial charge on any atom is 0.449 e. The average molecular weight is 329 g/mol. The van der Waals surface area contributed by atoms with Gasteiger partial charge < -0.3 is 4.57 Å². The summed E-state index contributed by atoms with van der Waals surface area (Å²) in [5, 5.41) is 9.17. The molecule has 0 bridgehead atoms. The summed E-state index contributed by atoms with van der Waals surface area (Å²) < 4.78 is 41.4. The van der Waals surface area contributed by atoms with Crippen LogP contribution in [0.25, 0.3) is 11.0 Å². The Kier molecular flexibility index (Phi) is 3.80. The van der Waals surface area contributed by atoms with E-state index >= 15 is 0 Å². The molecule has 3 aromatic rings. The number of imidazole rings is 1. The Morgan fingerprint density at radius 3 is 2.46 bits per heavy atom. The second-order valence-corrected chi connectivity index (χ2v) is 5.71. The number of aryl methyl sites for hydroxylation is 2. The van der Waals surface area contributed by atoms with Crippen molar-refractivity contribution in [2.75, 3.05) is 0 Å². The lowest BCUT2D eigenvalue weighted by Crippen LogP contribution is -2.16. The summed E-state index contributed by atoms with van der Waals surface area (Å²) >= 11 is 0. The highest BCUT2D eigenvalue weighted by molar-refractivity contribution is 5.78. The Morgan fingerprint density at radius 1 is 1.12 bits per heavy atom.